The van der Waals surface area contributed by atoms with Crippen LogP contribution in [0.3, 0.4) is 0 Å². The standard InChI is InChI=1S/C14H18ClN3O3/c1-21-14(20)16-13(19)10-17-6-8-18(9-7-17)12-5-3-2-4-11(12)15/h2-5H,6-10H2,1H3,(H,16,19,20). The lowest BCUT2D eigenvalue weighted by molar-refractivity contribution is -0.121. The smallest absolute Gasteiger partial charge is 0.413 e. The average molecular weight is 312 g/mol. The van der Waals surface area contributed by atoms with Crippen molar-refractivity contribution >= 4 is 29.3 Å². The fraction of sp³-hybridized carbons (Fsp3) is 0.429. The predicted molar refractivity (Wildman–Crippen MR) is 80.7 cm³/mol. The number of carbonyl (C=O) groups is 2. The summed E-state index contributed by atoms with van der Waals surface area (Å²) in [7, 11) is 1.23. The highest BCUT2D eigenvalue weighted by atomic mass is 35.5. The molecule has 0 aliphatic carbocycles. The number of hydrogen-bond acceptors (Lipinski definition) is 5. The minimum atomic E-state index is -0.727. The molecule has 6 nitrogen and oxygen atoms in total. The first-order valence-electron chi connectivity index (χ1n) is 6.70. The van der Waals surface area contributed by atoms with Crippen LogP contribution in [-0.4, -0.2) is 56.7 Å². The highest BCUT2D eigenvalue weighted by Crippen LogP contribution is 2.25. The quantitative estimate of drug-likeness (QED) is 0.913. The van der Waals surface area contributed by atoms with Gasteiger partial charge in [-0.25, -0.2) is 4.79 Å². The van der Waals surface area contributed by atoms with E-state index in [2.05, 4.69) is 15.0 Å². The van der Waals surface area contributed by atoms with E-state index in [-0.39, 0.29) is 12.5 Å². The lowest BCUT2D eigenvalue weighted by Gasteiger charge is -2.36. The third-order valence-electron chi connectivity index (χ3n) is 3.36. The number of imide groups is 1. The second kappa shape index (κ2) is 7.28. The summed E-state index contributed by atoms with van der Waals surface area (Å²) in [6.45, 7) is 3.23. The Morgan fingerprint density at radius 2 is 1.90 bits per heavy atom. The number of alkyl carbamates (subject to hydrolysis) is 1. The minimum Gasteiger partial charge on any atom is -0.453 e. The maximum atomic E-state index is 11.6. The topological polar surface area (TPSA) is 61.9 Å². The number of para-hydroxylation sites is 1. The molecule has 2 amide bonds. The van der Waals surface area contributed by atoms with Crippen molar-refractivity contribution in [1.29, 1.82) is 0 Å². The molecule has 0 saturated carbocycles. The van der Waals surface area contributed by atoms with Crippen LogP contribution in [0.15, 0.2) is 24.3 Å². The Bertz CT molecular complexity index is 516. The number of nitrogens with zero attached hydrogens (tertiary/aromatic N) is 2. The lowest BCUT2D eigenvalue weighted by atomic mass is 10.2. The molecule has 0 aromatic heterocycles. The molecule has 1 aliphatic heterocycles. The SMILES string of the molecule is COC(=O)NC(=O)CN1CCN(c2ccccc2Cl)CC1. The van der Waals surface area contributed by atoms with Crippen LogP contribution in [0, 0.1) is 0 Å². The molecule has 1 aromatic carbocycles. The summed E-state index contributed by atoms with van der Waals surface area (Å²) in [5, 5.41) is 2.88. The number of halogens is 1. The van der Waals surface area contributed by atoms with Crippen LogP contribution < -0.4 is 10.2 Å². The van der Waals surface area contributed by atoms with E-state index in [1.165, 1.54) is 7.11 Å². The van der Waals surface area contributed by atoms with Crippen molar-refractivity contribution in [2.45, 2.75) is 0 Å². The second-order valence-electron chi connectivity index (χ2n) is 4.75. The van der Waals surface area contributed by atoms with Gasteiger partial charge in [0.2, 0.25) is 5.91 Å². The van der Waals surface area contributed by atoms with Crippen LogP contribution in [0.1, 0.15) is 0 Å². The fourth-order valence-corrected chi connectivity index (χ4v) is 2.52. The molecule has 0 radical (unpaired) electrons. The molecule has 114 valence electrons. The van der Waals surface area contributed by atoms with Gasteiger partial charge in [-0.3, -0.25) is 15.0 Å². The van der Waals surface area contributed by atoms with Crippen molar-refractivity contribution in [3.05, 3.63) is 29.3 Å². The van der Waals surface area contributed by atoms with Crippen LogP contribution in [-0.2, 0) is 9.53 Å². The van der Waals surface area contributed by atoms with Gasteiger partial charge in [-0.1, -0.05) is 23.7 Å². The largest absolute Gasteiger partial charge is 0.453 e. The van der Waals surface area contributed by atoms with Gasteiger partial charge in [-0.2, -0.15) is 0 Å². The van der Waals surface area contributed by atoms with E-state index in [1.54, 1.807) is 0 Å². The first-order valence-corrected chi connectivity index (χ1v) is 7.07. The van der Waals surface area contributed by atoms with Gasteiger partial charge in [0, 0.05) is 26.2 Å². The molecule has 1 fully saturated rings. The summed E-state index contributed by atoms with van der Waals surface area (Å²) in [5.74, 6) is -0.354. The number of rotatable bonds is 3. The van der Waals surface area contributed by atoms with Crippen LogP contribution in [0.2, 0.25) is 5.02 Å². The van der Waals surface area contributed by atoms with E-state index in [9.17, 15) is 9.59 Å². The maximum Gasteiger partial charge on any atom is 0.413 e. The van der Waals surface area contributed by atoms with Crippen molar-refractivity contribution in [3.63, 3.8) is 0 Å². The highest BCUT2D eigenvalue weighted by molar-refractivity contribution is 6.33. The number of ether oxygens (including phenoxy) is 1. The molecule has 7 heteroatoms. The Morgan fingerprint density at radius 1 is 1.24 bits per heavy atom. The second-order valence-corrected chi connectivity index (χ2v) is 5.16. The fourth-order valence-electron chi connectivity index (χ4n) is 2.26. The summed E-state index contributed by atoms with van der Waals surface area (Å²) in [5.41, 5.74) is 1.01. The summed E-state index contributed by atoms with van der Waals surface area (Å²) in [4.78, 5) is 26.7. The van der Waals surface area contributed by atoms with Gasteiger partial charge < -0.3 is 9.64 Å². The van der Waals surface area contributed by atoms with Gasteiger partial charge in [0.25, 0.3) is 0 Å². The Kier molecular flexibility index (Phi) is 5.41. The Morgan fingerprint density at radius 3 is 2.52 bits per heavy atom. The zero-order valence-corrected chi connectivity index (χ0v) is 12.6. The highest BCUT2D eigenvalue weighted by Gasteiger charge is 2.21. The summed E-state index contributed by atoms with van der Waals surface area (Å²) >= 11 is 6.18. The molecule has 1 saturated heterocycles. The third kappa shape index (κ3) is 4.34. The van der Waals surface area contributed by atoms with Gasteiger partial charge >= 0.3 is 6.09 Å². The molecule has 2 rings (SSSR count). The maximum absolute atomic E-state index is 11.6. The van der Waals surface area contributed by atoms with Crippen molar-refractivity contribution < 1.29 is 14.3 Å². The first-order chi connectivity index (χ1) is 10.1. The van der Waals surface area contributed by atoms with Crippen LogP contribution in [0.4, 0.5) is 10.5 Å². The number of methoxy groups -OCH3 is 1. The van der Waals surface area contributed by atoms with E-state index >= 15 is 0 Å². The van der Waals surface area contributed by atoms with Gasteiger partial charge in [0.15, 0.2) is 0 Å². The number of hydrogen-bond donors (Lipinski definition) is 1. The van der Waals surface area contributed by atoms with Crippen molar-refractivity contribution in [2.75, 3.05) is 44.7 Å². The Labute approximate surface area is 128 Å². The van der Waals surface area contributed by atoms with E-state index in [1.807, 2.05) is 29.2 Å². The molecule has 0 spiro atoms. The summed E-state index contributed by atoms with van der Waals surface area (Å²) in [6, 6.07) is 7.71. The molecule has 1 N–H and O–H groups in total. The van der Waals surface area contributed by atoms with Crippen LogP contribution in [0.5, 0.6) is 0 Å². The van der Waals surface area contributed by atoms with E-state index in [0.717, 1.165) is 36.9 Å². The average Bonchev–Trinajstić information content (AvgIpc) is 2.48. The number of piperazine rings is 1. The van der Waals surface area contributed by atoms with Crippen molar-refractivity contribution in [3.8, 4) is 0 Å². The molecule has 0 atom stereocenters. The predicted octanol–water partition coefficient (Wildman–Crippen LogP) is 1.34. The monoisotopic (exact) mass is 311 g/mol. The zero-order valence-electron chi connectivity index (χ0n) is 11.8. The van der Waals surface area contributed by atoms with Gasteiger partial charge in [0.1, 0.15) is 0 Å². The van der Waals surface area contributed by atoms with E-state index in [0.29, 0.717) is 0 Å². The van der Waals surface area contributed by atoms with Crippen molar-refractivity contribution in [2.24, 2.45) is 0 Å². The molecule has 1 heterocycles. The third-order valence-corrected chi connectivity index (χ3v) is 3.68. The molecule has 21 heavy (non-hydrogen) atoms. The first kappa shape index (κ1) is 15.6. The number of anilines is 1. The number of benzene rings is 1. The van der Waals surface area contributed by atoms with Crippen molar-refractivity contribution in [1.82, 2.24) is 10.2 Å². The Hall–Kier alpha value is -1.79. The normalized spacial score (nSPS) is 15.6. The van der Waals surface area contributed by atoms with E-state index in [4.69, 9.17) is 11.6 Å². The minimum absolute atomic E-state index is 0.186. The lowest BCUT2D eigenvalue weighted by Crippen LogP contribution is -2.50. The number of amides is 2. The van der Waals surface area contributed by atoms with Crippen LogP contribution in [0.25, 0.3) is 0 Å². The zero-order chi connectivity index (χ0) is 15.2. The summed E-state index contributed by atoms with van der Waals surface area (Å²) < 4.78 is 4.39. The Balaban J connectivity index is 1.82. The number of carbonyl (C=O) groups excluding carboxylic acids is 2. The molecule has 1 aromatic rings. The van der Waals surface area contributed by atoms with Gasteiger partial charge in [-0.15, -0.1) is 0 Å². The molecule has 1 aliphatic rings. The van der Waals surface area contributed by atoms with Crippen LogP contribution >= 0.6 is 11.6 Å². The van der Waals surface area contributed by atoms with Gasteiger partial charge in [0.05, 0.1) is 24.4 Å². The molecule has 0 bridgehead atoms. The number of nitrogens with one attached hydrogen (secondary N) is 1. The molecular weight excluding hydrogens is 294 g/mol. The van der Waals surface area contributed by atoms with Gasteiger partial charge in [-0.05, 0) is 12.1 Å². The van der Waals surface area contributed by atoms with E-state index < -0.39 is 6.09 Å². The molecular formula is C14H18ClN3O3. The summed E-state index contributed by atoms with van der Waals surface area (Å²) in [6.07, 6.45) is -0.727. The molecule has 0 unspecified atom stereocenters.